The Morgan fingerprint density at radius 1 is 1.25 bits per heavy atom. The molecule has 0 aliphatic rings. The highest BCUT2D eigenvalue weighted by molar-refractivity contribution is 5.78. The van der Waals surface area contributed by atoms with Crippen LogP contribution in [0.3, 0.4) is 0 Å². The first-order valence-corrected chi connectivity index (χ1v) is 7.11. The fraction of sp³-hybridized carbons (Fsp3) is 0.375. The third-order valence-electron chi connectivity index (χ3n) is 3.53. The van der Waals surface area contributed by atoms with Gasteiger partial charge in [-0.3, -0.25) is 4.79 Å². The Kier molecular flexibility index (Phi) is 4.93. The largest absolute Gasteiger partial charge is 0.349 e. The maximum atomic E-state index is 12.0. The molecule has 4 nitrogen and oxygen atoms in total. The predicted octanol–water partition coefficient (Wildman–Crippen LogP) is 2.92. The second-order valence-corrected chi connectivity index (χ2v) is 4.78. The number of benzene rings is 1. The minimum absolute atomic E-state index is 0.0927. The van der Waals surface area contributed by atoms with Gasteiger partial charge in [-0.1, -0.05) is 32.0 Å². The molecule has 0 spiro atoms. The van der Waals surface area contributed by atoms with Gasteiger partial charge in [0, 0.05) is 24.0 Å². The Bertz CT molecular complexity index is 544. The van der Waals surface area contributed by atoms with Crippen LogP contribution in [-0.2, 0) is 11.3 Å². The summed E-state index contributed by atoms with van der Waals surface area (Å²) in [5.74, 6) is 1.04. The van der Waals surface area contributed by atoms with Crippen molar-refractivity contribution in [3.63, 3.8) is 0 Å². The van der Waals surface area contributed by atoms with Crippen LogP contribution in [0.1, 0.15) is 32.5 Å². The first-order chi connectivity index (χ1) is 9.76. The molecular weight excluding hydrogens is 250 g/mol. The van der Waals surface area contributed by atoms with E-state index in [1.165, 1.54) is 0 Å². The maximum Gasteiger partial charge on any atom is 0.223 e. The number of hydrogen-bond acceptors (Lipinski definition) is 2. The number of imidazole rings is 1. The molecule has 2 aromatic rings. The van der Waals surface area contributed by atoms with Gasteiger partial charge in [0.1, 0.15) is 5.82 Å². The molecule has 0 aliphatic carbocycles. The quantitative estimate of drug-likeness (QED) is 0.878. The van der Waals surface area contributed by atoms with Crippen molar-refractivity contribution in [2.45, 2.75) is 33.2 Å². The number of carbonyl (C=O) groups excluding carboxylic acids is 1. The Morgan fingerprint density at radius 2 is 1.95 bits per heavy atom. The molecule has 0 aliphatic heterocycles. The minimum atomic E-state index is 0.0927. The van der Waals surface area contributed by atoms with E-state index in [-0.39, 0.29) is 11.8 Å². The van der Waals surface area contributed by atoms with Gasteiger partial charge in [-0.15, -0.1) is 0 Å². The van der Waals surface area contributed by atoms with Crippen LogP contribution in [0.25, 0.3) is 5.69 Å². The van der Waals surface area contributed by atoms with Gasteiger partial charge < -0.3 is 9.88 Å². The molecule has 1 aromatic carbocycles. The van der Waals surface area contributed by atoms with E-state index in [4.69, 9.17) is 0 Å². The van der Waals surface area contributed by atoms with Gasteiger partial charge in [0.15, 0.2) is 0 Å². The van der Waals surface area contributed by atoms with Crippen molar-refractivity contribution in [2.24, 2.45) is 5.92 Å². The van der Waals surface area contributed by atoms with E-state index >= 15 is 0 Å². The van der Waals surface area contributed by atoms with Crippen LogP contribution in [0.4, 0.5) is 0 Å². The highest BCUT2D eigenvalue weighted by Gasteiger charge is 2.14. The summed E-state index contributed by atoms with van der Waals surface area (Å²) in [6.07, 6.45) is 5.41. The van der Waals surface area contributed by atoms with Crippen molar-refractivity contribution in [3.05, 3.63) is 48.5 Å². The molecule has 1 amide bonds. The first kappa shape index (κ1) is 14.3. The fourth-order valence-corrected chi connectivity index (χ4v) is 2.26. The summed E-state index contributed by atoms with van der Waals surface area (Å²) in [6.45, 7) is 4.54. The predicted molar refractivity (Wildman–Crippen MR) is 79.5 cm³/mol. The third kappa shape index (κ3) is 3.26. The van der Waals surface area contributed by atoms with Gasteiger partial charge in [0.2, 0.25) is 5.91 Å². The third-order valence-corrected chi connectivity index (χ3v) is 3.53. The zero-order chi connectivity index (χ0) is 14.4. The lowest BCUT2D eigenvalue weighted by Gasteiger charge is -2.13. The van der Waals surface area contributed by atoms with Crippen molar-refractivity contribution in [1.82, 2.24) is 14.9 Å². The molecule has 0 saturated carbocycles. The summed E-state index contributed by atoms with van der Waals surface area (Å²) < 4.78 is 1.99. The molecule has 0 atom stereocenters. The van der Waals surface area contributed by atoms with E-state index in [2.05, 4.69) is 10.3 Å². The maximum absolute atomic E-state index is 12.0. The average Bonchev–Trinajstić information content (AvgIpc) is 2.95. The summed E-state index contributed by atoms with van der Waals surface area (Å²) in [5, 5.41) is 2.97. The summed E-state index contributed by atoms with van der Waals surface area (Å²) in [7, 11) is 0. The standard InChI is InChI=1S/C16H21N3O/c1-3-13(4-2)16(20)18-12-15-17-10-11-19(15)14-8-6-5-7-9-14/h5-11,13H,3-4,12H2,1-2H3,(H,18,20). The molecule has 0 radical (unpaired) electrons. The molecule has 0 fully saturated rings. The number of nitrogens with zero attached hydrogens (tertiary/aromatic N) is 2. The van der Waals surface area contributed by atoms with Gasteiger partial charge in [0.25, 0.3) is 0 Å². The monoisotopic (exact) mass is 271 g/mol. The lowest BCUT2D eigenvalue weighted by atomic mass is 10.0. The summed E-state index contributed by atoms with van der Waals surface area (Å²) in [5.41, 5.74) is 1.05. The summed E-state index contributed by atoms with van der Waals surface area (Å²) >= 11 is 0. The number of rotatable bonds is 6. The molecule has 106 valence electrons. The highest BCUT2D eigenvalue weighted by atomic mass is 16.1. The molecule has 4 heteroatoms. The Balaban J connectivity index is 2.05. The SMILES string of the molecule is CCC(CC)C(=O)NCc1nccn1-c1ccccc1. The van der Waals surface area contributed by atoms with E-state index in [1.54, 1.807) is 6.20 Å². The van der Waals surface area contributed by atoms with Crippen LogP contribution < -0.4 is 5.32 Å². The van der Waals surface area contributed by atoms with E-state index in [0.29, 0.717) is 6.54 Å². The summed E-state index contributed by atoms with van der Waals surface area (Å²) in [4.78, 5) is 16.3. The average molecular weight is 271 g/mol. The molecule has 1 N–H and O–H groups in total. The molecule has 0 unspecified atom stereocenters. The lowest BCUT2D eigenvalue weighted by Crippen LogP contribution is -2.30. The molecule has 1 heterocycles. The number of aromatic nitrogens is 2. The Hall–Kier alpha value is -2.10. The number of hydrogen-bond donors (Lipinski definition) is 1. The first-order valence-electron chi connectivity index (χ1n) is 7.11. The smallest absolute Gasteiger partial charge is 0.223 e. The second-order valence-electron chi connectivity index (χ2n) is 4.78. The second kappa shape index (κ2) is 6.89. The minimum Gasteiger partial charge on any atom is -0.349 e. The van der Waals surface area contributed by atoms with E-state index < -0.39 is 0 Å². The zero-order valence-electron chi connectivity index (χ0n) is 12.0. The number of amides is 1. The number of para-hydroxylation sites is 1. The number of carbonyl (C=O) groups is 1. The van der Waals surface area contributed by atoms with Crippen molar-refractivity contribution in [2.75, 3.05) is 0 Å². The number of nitrogens with one attached hydrogen (secondary N) is 1. The van der Waals surface area contributed by atoms with Crippen LogP contribution in [0, 0.1) is 5.92 Å². The van der Waals surface area contributed by atoms with Gasteiger partial charge in [0.05, 0.1) is 6.54 Å². The highest BCUT2D eigenvalue weighted by Crippen LogP contribution is 2.11. The van der Waals surface area contributed by atoms with Crippen LogP contribution in [0.2, 0.25) is 0 Å². The van der Waals surface area contributed by atoms with Crippen molar-refractivity contribution in [1.29, 1.82) is 0 Å². The van der Waals surface area contributed by atoms with Crippen molar-refractivity contribution >= 4 is 5.91 Å². The molecule has 1 aromatic heterocycles. The van der Waals surface area contributed by atoms with Crippen LogP contribution in [0.5, 0.6) is 0 Å². The molecule has 2 rings (SSSR count). The van der Waals surface area contributed by atoms with Gasteiger partial charge in [-0.05, 0) is 25.0 Å². The topological polar surface area (TPSA) is 46.9 Å². The molecular formula is C16H21N3O. The van der Waals surface area contributed by atoms with Crippen molar-refractivity contribution < 1.29 is 4.79 Å². The Labute approximate surface area is 119 Å². The van der Waals surface area contributed by atoms with Gasteiger partial charge >= 0.3 is 0 Å². The lowest BCUT2D eigenvalue weighted by molar-refractivity contribution is -0.125. The normalized spacial score (nSPS) is 10.8. The van der Waals surface area contributed by atoms with E-state index in [1.807, 2.05) is 54.9 Å². The molecule has 0 bridgehead atoms. The Morgan fingerprint density at radius 3 is 2.60 bits per heavy atom. The fourth-order valence-electron chi connectivity index (χ4n) is 2.26. The summed E-state index contributed by atoms with van der Waals surface area (Å²) in [6, 6.07) is 10.0. The van der Waals surface area contributed by atoms with Crippen LogP contribution in [0.15, 0.2) is 42.7 Å². The molecule has 0 saturated heterocycles. The van der Waals surface area contributed by atoms with Crippen LogP contribution in [-0.4, -0.2) is 15.5 Å². The van der Waals surface area contributed by atoms with Crippen molar-refractivity contribution in [3.8, 4) is 5.69 Å². The zero-order valence-corrected chi connectivity index (χ0v) is 12.0. The molecule has 20 heavy (non-hydrogen) atoms. The van der Waals surface area contributed by atoms with Gasteiger partial charge in [-0.25, -0.2) is 4.98 Å². The van der Waals surface area contributed by atoms with E-state index in [0.717, 1.165) is 24.4 Å². The van der Waals surface area contributed by atoms with Gasteiger partial charge in [-0.2, -0.15) is 0 Å². The van der Waals surface area contributed by atoms with Crippen LogP contribution >= 0.6 is 0 Å². The van der Waals surface area contributed by atoms with E-state index in [9.17, 15) is 4.79 Å².